The number of morpholine rings is 1. The molecule has 2 saturated heterocycles. The zero-order valence-electron chi connectivity index (χ0n) is 13.0. The van der Waals surface area contributed by atoms with Gasteiger partial charge in [-0.1, -0.05) is 18.2 Å². The summed E-state index contributed by atoms with van der Waals surface area (Å²) in [6.07, 6.45) is 2.17. The molecule has 0 N–H and O–H groups in total. The van der Waals surface area contributed by atoms with Crippen molar-refractivity contribution in [2.45, 2.75) is 31.5 Å². The smallest absolute Gasteiger partial charge is 0.129 e. The summed E-state index contributed by atoms with van der Waals surface area (Å²) < 4.78 is 11.8. The Hall–Kier alpha value is -1.65. The summed E-state index contributed by atoms with van der Waals surface area (Å²) in [5.74, 6) is 1.06. The summed E-state index contributed by atoms with van der Waals surface area (Å²) in [6.45, 7) is 5.56. The molecule has 2 aromatic rings. The van der Waals surface area contributed by atoms with Gasteiger partial charge in [-0.3, -0.25) is 0 Å². The number of aromatic nitrogens is 1. The summed E-state index contributed by atoms with van der Waals surface area (Å²) in [7, 11) is 0. The van der Waals surface area contributed by atoms with Gasteiger partial charge in [0.15, 0.2) is 0 Å². The number of pyridine rings is 1. The lowest BCUT2D eigenvalue weighted by atomic mass is 9.91. The molecule has 4 rings (SSSR count). The molecule has 0 aliphatic carbocycles. The zero-order valence-corrected chi connectivity index (χ0v) is 13.0. The second-order valence-electron chi connectivity index (χ2n) is 6.47. The van der Waals surface area contributed by atoms with Crippen molar-refractivity contribution in [1.29, 1.82) is 0 Å². The highest BCUT2D eigenvalue weighted by Crippen LogP contribution is 2.33. The predicted octanol–water partition coefficient (Wildman–Crippen LogP) is 3.01. The van der Waals surface area contributed by atoms with Crippen LogP contribution in [0.5, 0.6) is 0 Å². The first-order valence-corrected chi connectivity index (χ1v) is 8.10. The third-order valence-corrected chi connectivity index (χ3v) is 4.72. The minimum absolute atomic E-state index is 0.0662. The quantitative estimate of drug-likeness (QED) is 0.810. The first-order valence-electron chi connectivity index (χ1n) is 8.10. The summed E-state index contributed by atoms with van der Waals surface area (Å²) in [5.41, 5.74) is 0.989. The number of hydrogen-bond acceptors (Lipinski definition) is 4. The fourth-order valence-corrected chi connectivity index (χ4v) is 3.65. The molecule has 1 aromatic carbocycles. The van der Waals surface area contributed by atoms with Crippen LogP contribution in [-0.2, 0) is 9.47 Å². The third-order valence-electron chi connectivity index (χ3n) is 4.72. The second kappa shape index (κ2) is 5.52. The van der Waals surface area contributed by atoms with Crippen LogP contribution in [0.4, 0.5) is 5.82 Å². The molecule has 2 fully saturated rings. The highest BCUT2D eigenvalue weighted by molar-refractivity contribution is 5.80. The van der Waals surface area contributed by atoms with Crippen LogP contribution in [0.3, 0.4) is 0 Å². The highest BCUT2D eigenvalue weighted by Gasteiger charge is 2.41. The standard InChI is InChI=1S/C18H22N2O2/c1-14-12-20(13-18(22-14)8-10-21-11-9-18)17-7-6-15-4-2-3-5-16(15)19-17/h2-7,14H,8-13H2,1H3/t14-/m0/s1. The van der Waals surface area contributed by atoms with Gasteiger partial charge < -0.3 is 14.4 Å². The first kappa shape index (κ1) is 14.0. The Bertz CT molecular complexity index is 667. The minimum Gasteiger partial charge on any atom is -0.381 e. The van der Waals surface area contributed by atoms with E-state index in [1.165, 1.54) is 5.39 Å². The average molecular weight is 298 g/mol. The Labute approximate surface area is 131 Å². The molecule has 2 aliphatic rings. The van der Waals surface area contributed by atoms with E-state index in [0.717, 1.165) is 50.5 Å². The molecule has 4 heteroatoms. The van der Waals surface area contributed by atoms with Crippen molar-refractivity contribution in [2.75, 3.05) is 31.2 Å². The summed E-state index contributed by atoms with van der Waals surface area (Å²) in [5, 5.41) is 1.19. The normalized spacial score (nSPS) is 24.8. The lowest BCUT2D eigenvalue weighted by Gasteiger charge is -2.47. The summed E-state index contributed by atoms with van der Waals surface area (Å²) >= 11 is 0. The number of fused-ring (bicyclic) bond motifs is 1. The monoisotopic (exact) mass is 298 g/mol. The SMILES string of the molecule is C[C@H]1CN(c2ccc3ccccc3n2)CC2(CCOCC2)O1. The maximum absolute atomic E-state index is 6.30. The van der Waals surface area contributed by atoms with E-state index in [1.54, 1.807) is 0 Å². The molecule has 22 heavy (non-hydrogen) atoms. The predicted molar refractivity (Wildman–Crippen MR) is 87.3 cm³/mol. The molecule has 1 spiro atoms. The molecule has 1 atom stereocenters. The van der Waals surface area contributed by atoms with Gasteiger partial charge in [-0.25, -0.2) is 4.98 Å². The van der Waals surface area contributed by atoms with Crippen molar-refractivity contribution in [3.63, 3.8) is 0 Å². The zero-order chi connectivity index (χ0) is 15.0. The number of para-hydroxylation sites is 1. The molecule has 1 aromatic heterocycles. The van der Waals surface area contributed by atoms with Crippen LogP contribution in [0.25, 0.3) is 10.9 Å². The van der Waals surface area contributed by atoms with Crippen LogP contribution >= 0.6 is 0 Å². The molecule has 2 aliphatic heterocycles. The summed E-state index contributed by atoms with van der Waals surface area (Å²) in [4.78, 5) is 7.23. The van der Waals surface area contributed by atoms with E-state index in [1.807, 2.05) is 6.07 Å². The van der Waals surface area contributed by atoms with E-state index in [0.29, 0.717) is 0 Å². The number of ether oxygens (including phenoxy) is 2. The maximum Gasteiger partial charge on any atom is 0.129 e. The highest BCUT2D eigenvalue weighted by atomic mass is 16.5. The number of hydrogen-bond donors (Lipinski definition) is 0. The van der Waals surface area contributed by atoms with Gasteiger partial charge in [0.25, 0.3) is 0 Å². The van der Waals surface area contributed by atoms with Gasteiger partial charge in [-0.15, -0.1) is 0 Å². The van der Waals surface area contributed by atoms with E-state index < -0.39 is 0 Å². The molecule has 4 nitrogen and oxygen atoms in total. The van der Waals surface area contributed by atoms with Gasteiger partial charge in [0.05, 0.1) is 17.2 Å². The van der Waals surface area contributed by atoms with Crippen LogP contribution < -0.4 is 4.90 Å². The van der Waals surface area contributed by atoms with Gasteiger partial charge in [-0.2, -0.15) is 0 Å². The Morgan fingerprint density at radius 2 is 1.95 bits per heavy atom. The van der Waals surface area contributed by atoms with Crippen molar-refractivity contribution in [2.24, 2.45) is 0 Å². The minimum atomic E-state index is -0.0662. The molecular formula is C18H22N2O2. The largest absolute Gasteiger partial charge is 0.381 e. The van der Waals surface area contributed by atoms with Gasteiger partial charge in [0.1, 0.15) is 5.82 Å². The number of nitrogens with zero attached hydrogens (tertiary/aromatic N) is 2. The lowest BCUT2D eigenvalue weighted by molar-refractivity contribution is -0.145. The Morgan fingerprint density at radius 3 is 2.82 bits per heavy atom. The molecule has 0 saturated carbocycles. The first-order chi connectivity index (χ1) is 10.7. The van der Waals surface area contributed by atoms with Crippen LogP contribution in [0, 0.1) is 0 Å². The maximum atomic E-state index is 6.30. The van der Waals surface area contributed by atoms with Crippen molar-refractivity contribution in [3.8, 4) is 0 Å². The number of rotatable bonds is 1. The number of benzene rings is 1. The van der Waals surface area contributed by atoms with Crippen LogP contribution in [0.1, 0.15) is 19.8 Å². The molecular weight excluding hydrogens is 276 g/mol. The lowest BCUT2D eigenvalue weighted by Crippen LogP contribution is -2.57. The molecule has 0 amide bonds. The fraction of sp³-hybridized carbons (Fsp3) is 0.500. The Morgan fingerprint density at radius 1 is 1.14 bits per heavy atom. The van der Waals surface area contributed by atoms with E-state index in [9.17, 15) is 0 Å². The van der Waals surface area contributed by atoms with E-state index in [-0.39, 0.29) is 11.7 Å². The van der Waals surface area contributed by atoms with Gasteiger partial charge in [0, 0.05) is 44.5 Å². The topological polar surface area (TPSA) is 34.6 Å². The van der Waals surface area contributed by atoms with Gasteiger partial charge in [-0.05, 0) is 25.1 Å². The molecule has 3 heterocycles. The van der Waals surface area contributed by atoms with E-state index in [4.69, 9.17) is 14.5 Å². The molecule has 0 unspecified atom stereocenters. The third kappa shape index (κ3) is 2.57. The Kier molecular flexibility index (Phi) is 3.51. The molecule has 0 radical (unpaired) electrons. The average Bonchev–Trinajstić information content (AvgIpc) is 2.54. The van der Waals surface area contributed by atoms with Crippen LogP contribution in [0.15, 0.2) is 36.4 Å². The summed E-state index contributed by atoms with van der Waals surface area (Å²) in [6, 6.07) is 12.6. The number of anilines is 1. The fourth-order valence-electron chi connectivity index (χ4n) is 3.65. The van der Waals surface area contributed by atoms with E-state index in [2.05, 4.69) is 42.2 Å². The van der Waals surface area contributed by atoms with Gasteiger partial charge >= 0.3 is 0 Å². The second-order valence-corrected chi connectivity index (χ2v) is 6.47. The van der Waals surface area contributed by atoms with Gasteiger partial charge in [0.2, 0.25) is 0 Å². The van der Waals surface area contributed by atoms with Crippen molar-refractivity contribution in [3.05, 3.63) is 36.4 Å². The molecule has 0 bridgehead atoms. The van der Waals surface area contributed by atoms with Crippen LogP contribution in [0.2, 0.25) is 0 Å². The molecule has 116 valence electrons. The van der Waals surface area contributed by atoms with Crippen molar-refractivity contribution in [1.82, 2.24) is 4.98 Å². The Balaban J connectivity index is 1.64. The van der Waals surface area contributed by atoms with Crippen molar-refractivity contribution < 1.29 is 9.47 Å². The van der Waals surface area contributed by atoms with E-state index >= 15 is 0 Å². The van der Waals surface area contributed by atoms with Crippen molar-refractivity contribution >= 4 is 16.7 Å². The van der Waals surface area contributed by atoms with Crippen LogP contribution in [-0.4, -0.2) is 43.0 Å².